The Labute approximate surface area is 193 Å². The van der Waals surface area contributed by atoms with Crippen molar-refractivity contribution in [2.24, 2.45) is 10.9 Å². The highest BCUT2D eigenvalue weighted by molar-refractivity contribution is 14.0. The van der Waals surface area contributed by atoms with Gasteiger partial charge in [-0.3, -0.25) is 9.89 Å². The summed E-state index contributed by atoms with van der Waals surface area (Å²) >= 11 is 1.85. The average molecular weight is 528 g/mol. The minimum atomic E-state index is 0. The molecule has 0 spiro atoms. The molecule has 1 atom stereocenters. The van der Waals surface area contributed by atoms with Crippen molar-refractivity contribution in [2.45, 2.75) is 25.9 Å². The van der Waals surface area contributed by atoms with Gasteiger partial charge in [-0.25, -0.2) is 0 Å². The number of thiophene rings is 1. The highest BCUT2D eigenvalue weighted by Gasteiger charge is 2.20. The quantitative estimate of drug-likeness (QED) is 0.341. The molecule has 1 aromatic heterocycles. The molecule has 1 unspecified atom stereocenters. The molecule has 8 heteroatoms. The van der Waals surface area contributed by atoms with Gasteiger partial charge in [-0.1, -0.05) is 12.1 Å². The summed E-state index contributed by atoms with van der Waals surface area (Å²) in [5.41, 5.74) is 1.15. The van der Waals surface area contributed by atoms with E-state index in [-0.39, 0.29) is 24.0 Å². The number of rotatable bonds is 6. The second-order valence-electron chi connectivity index (χ2n) is 7.32. The van der Waals surface area contributed by atoms with Crippen LogP contribution in [0.1, 0.15) is 23.3 Å². The molecule has 4 rings (SSSR count). The molecule has 2 N–H and O–H groups in total. The first-order chi connectivity index (χ1) is 13.8. The summed E-state index contributed by atoms with van der Waals surface area (Å²) in [7, 11) is 1.82. The summed E-state index contributed by atoms with van der Waals surface area (Å²) in [6, 6.07) is 10.4. The molecule has 158 valence electrons. The van der Waals surface area contributed by atoms with E-state index >= 15 is 0 Å². The van der Waals surface area contributed by atoms with Gasteiger partial charge in [0.2, 0.25) is 6.79 Å². The zero-order chi connectivity index (χ0) is 19.2. The molecule has 29 heavy (non-hydrogen) atoms. The van der Waals surface area contributed by atoms with E-state index in [1.807, 2.05) is 30.5 Å². The van der Waals surface area contributed by atoms with Crippen molar-refractivity contribution in [3.05, 3.63) is 46.2 Å². The summed E-state index contributed by atoms with van der Waals surface area (Å²) in [5, 5.41) is 9.06. The number of nitrogens with one attached hydrogen (secondary N) is 2. The molecule has 0 bridgehead atoms. The van der Waals surface area contributed by atoms with Gasteiger partial charge in [-0.15, -0.1) is 35.3 Å². The molecule has 0 amide bonds. The molecule has 0 aliphatic carbocycles. The van der Waals surface area contributed by atoms with Gasteiger partial charge >= 0.3 is 0 Å². The number of ether oxygens (including phenoxy) is 2. The fourth-order valence-corrected chi connectivity index (χ4v) is 4.53. The van der Waals surface area contributed by atoms with Gasteiger partial charge in [0.15, 0.2) is 17.5 Å². The number of likely N-dealkylation sites (tertiary alicyclic amines) is 1. The Morgan fingerprint density at radius 1 is 1.24 bits per heavy atom. The van der Waals surface area contributed by atoms with Crippen molar-refractivity contribution in [1.82, 2.24) is 15.5 Å². The lowest BCUT2D eigenvalue weighted by Crippen LogP contribution is -2.44. The zero-order valence-electron chi connectivity index (χ0n) is 16.7. The minimum Gasteiger partial charge on any atom is -0.454 e. The topological polar surface area (TPSA) is 58.1 Å². The van der Waals surface area contributed by atoms with Gasteiger partial charge in [-0.05, 0) is 54.4 Å². The first-order valence-corrected chi connectivity index (χ1v) is 10.8. The fourth-order valence-electron chi connectivity index (χ4n) is 3.78. The van der Waals surface area contributed by atoms with Crippen LogP contribution in [0.5, 0.6) is 11.5 Å². The Hall–Kier alpha value is -1.52. The van der Waals surface area contributed by atoms with Gasteiger partial charge in [-0.2, -0.15) is 0 Å². The molecule has 6 nitrogen and oxygen atoms in total. The van der Waals surface area contributed by atoms with Crippen LogP contribution in [0.15, 0.2) is 40.7 Å². The van der Waals surface area contributed by atoms with Crippen LogP contribution in [0, 0.1) is 5.92 Å². The molecule has 1 aromatic carbocycles. The second-order valence-corrected chi connectivity index (χ2v) is 8.35. The Morgan fingerprint density at radius 2 is 2.14 bits per heavy atom. The number of halogens is 1. The lowest BCUT2D eigenvalue weighted by molar-refractivity contribution is 0.169. The number of piperidine rings is 1. The van der Waals surface area contributed by atoms with Crippen LogP contribution in [0.2, 0.25) is 0 Å². The summed E-state index contributed by atoms with van der Waals surface area (Å²) < 4.78 is 10.8. The Kier molecular flexibility index (Phi) is 8.43. The van der Waals surface area contributed by atoms with E-state index in [1.54, 1.807) is 0 Å². The van der Waals surface area contributed by atoms with Crippen LogP contribution in [0.4, 0.5) is 0 Å². The molecule has 2 aliphatic heterocycles. The lowest BCUT2D eigenvalue weighted by atomic mass is 9.98. The third kappa shape index (κ3) is 6.23. The Bertz CT molecular complexity index is 800. The number of hydrogen-bond acceptors (Lipinski definition) is 5. The van der Waals surface area contributed by atoms with Gasteiger partial charge < -0.3 is 20.1 Å². The van der Waals surface area contributed by atoms with Gasteiger partial charge in [0.05, 0.1) is 0 Å². The standard InChI is InChI=1S/C21H28N4O2S.HI/c1-22-21(23-11-16-6-7-19-20(10-16)27-15-26-19)24-12-17-4-2-8-25(13-17)14-18-5-3-9-28-18;/h3,5-7,9-10,17H,2,4,8,11-15H2,1H3,(H2,22,23,24);1H. The number of benzene rings is 1. The van der Waals surface area contributed by atoms with Gasteiger partial charge in [0, 0.05) is 38.1 Å². The zero-order valence-corrected chi connectivity index (χ0v) is 19.9. The van der Waals surface area contributed by atoms with Crippen LogP contribution in [0.25, 0.3) is 0 Å². The van der Waals surface area contributed by atoms with E-state index in [1.165, 1.54) is 24.3 Å². The highest BCUT2D eigenvalue weighted by atomic mass is 127. The molecule has 1 saturated heterocycles. The Balaban J connectivity index is 0.00000240. The number of guanidine groups is 1. The van der Waals surface area contributed by atoms with Crippen molar-refractivity contribution in [1.29, 1.82) is 0 Å². The molecule has 0 saturated carbocycles. The molecule has 3 heterocycles. The highest BCUT2D eigenvalue weighted by Crippen LogP contribution is 2.32. The van der Waals surface area contributed by atoms with Crippen LogP contribution in [0.3, 0.4) is 0 Å². The number of hydrogen-bond donors (Lipinski definition) is 2. The molecule has 1 fully saturated rings. The normalized spacial score (nSPS) is 18.9. The van der Waals surface area contributed by atoms with Crippen LogP contribution >= 0.6 is 35.3 Å². The van der Waals surface area contributed by atoms with E-state index in [0.717, 1.165) is 42.7 Å². The Morgan fingerprint density at radius 3 is 2.97 bits per heavy atom. The van der Waals surface area contributed by atoms with Gasteiger partial charge in [0.1, 0.15) is 0 Å². The first-order valence-electron chi connectivity index (χ1n) is 9.88. The number of aliphatic imine (C=N–C) groups is 1. The maximum atomic E-state index is 5.45. The minimum absolute atomic E-state index is 0. The molecule has 2 aliphatic rings. The number of nitrogens with zero attached hydrogens (tertiary/aromatic N) is 2. The fraction of sp³-hybridized carbons (Fsp3) is 0.476. The monoisotopic (exact) mass is 528 g/mol. The second kappa shape index (κ2) is 11.0. The lowest BCUT2D eigenvalue weighted by Gasteiger charge is -2.32. The van der Waals surface area contributed by atoms with E-state index < -0.39 is 0 Å². The van der Waals surface area contributed by atoms with Crippen molar-refractivity contribution in [2.75, 3.05) is 33.5 Å². The molecule has 0 radical (unpaired) electrons. The van der Waals surface area contributed by atoms with Gasteiger partial charge in [0.25, 0.3) is 0 Å². The number of fused-ring (bicyclic) bond motifs is 1. The van der Waals surface area contributed by atoms with Crippen molar-refractivity contribution < 1.29 is 9.47 Å². The summed E-state index contributed by atoms with van der Waals surface area (Å²) in [6.07, 6.45) is 2.54. The molecular weight excluding hydrogens is 499 g/mol. The van der Waals surface area contributed by atoms with E-state index in [2.05, 4.69) is 44.1 Å². The maximum absolute atomic E-state index is 5.45. The smallest absolute Gasteiger partial charge is 0.231 e. The van der Waals surface area contributed by atoms with E-state index in [0.29, 0.717) is 19.3 Å². The van der Waals surface area contributed by atoms with Crippen LogP contribution in [-0.4, -0.2) is 44.3 Å². The summed E-state index contributed by atoms with van der Waals surface area (Å²) in [4.78, 5) is 8.39. The maximum Gasteiger partial charge on any atom is 0.231 e. The predicted octanol–water partition coefficient (Wildman–Crippen LogP) is 3.67. The largest absolute Gasteiger partial charge is 0.454 e. The first kappa shape index (κ1) is 22.2. The summed E-state index contributed by atoms with van der Waals surface area (Å²) in [5.74, 6) is 3.12. The third-order valence-electron chi connectivity index (χ3n) is 5.24. The van der Waals surface area contributed by atoms with Crippen molar-refractivity contribution in [3.63, 3.8) is 0 Å². The molecular formula is C21H29IN4O2S. The van der Waals surface area contributed by atoms with E-state index in [4.69, 9.17) is 9.47 Å². The van der Waals surface area contributed by atoms with Crippen molar-refractivity contribution >= 4 is 41.3 Å². The van der Waals surface area contributed by atoms with E-state index in [9.17, 15) is 0 Å². The van der Waals surface area contributed by atoms with Crippen molar-refractivity contribution in [3.8, 4) is 11.5 Å². The summed E-state index contributed by atoms with van der Waals surface area (Å²) in [6.45, 7) is 5.37. The van der Waals surface area contributed by atoms with Crippen LogP contribution in [-0.2, 0) is 13.1 Å². The average Bonchev–Trinajstić information content (AvgIpc) is 3.40. The molecule has 2 aromatic rings. The third-order valence-corrected chi connectivity index (χ3v) is 6.10. The SMILES string of the molecule is CN=C(NCc1ccc2c(c1)OCO2)NCC1CCCN(Cc2cccs2)C1.I. The predicted molar refractivity (Wildman–Crippen MR) is 129 cm³/mol. The van der Waals surface area contributed by atoms with Crippen LogP contribution < -0.4 is 20.1 Å².